The number of carbonyl (C=O) groups excluding carboxylic acids is 1. The van der Waals surface area contributed by atoms with Crippen molar-refractivity contribution in [2.45, 2.75) is 26.3 Å². The van der Waals surface area contributed by atoms with Crippen LogP contribution < -0.4 is 10.1 Å². The number of hydrogen-bond donors (Lipinski definition) is 1. The van der Waals surface area contributed by atoms with E-state index in [1.54, 1.807) is 18.5 Å². The van der Waals surface area contributed by atoms with Crippen LogP contribution in [0.15, 0.2) is 18.5 Å². The molecule has 5 nitrogen and oxygen atoms in total. The molecule has 1 aromatic rings. The molecule has 0 amide bonds. The van der Waals surface area contributed by atoms with Gasteiger partial charge in [-0.15, -0.1) is 0 Å². The fraction of sp³-hybridized carbons (Fsp3) is 0.600. The van der Waals surface area contributed by atoms with E-state index in [1.165, 1.54) is 0 Å². The summed E-state index contributed by atoms with van der Waals surface area (Å²) in [6.45, 7) is 6.54. The second-order valence-corrected chi connectivity index (χ2v) is 4.91. The van der Waals surface area contributed by atoms with E-state index in [-0.39, 0.29) is 17.7 Å². The average molecular weight is 278 g/mol. The first kappa shape index (κ1) is 14.9. The minimum absolute atomic E-state index is 0.0742. The summed E-state index contributed by atoms with van der Waals surface area (Å²) in [6, 6.07) is 1.85. The lowest BCUT2D eigenvalue weighted by Crippen LogP contribution is -2.39. The third-order valence-electron chi connectivity index (χ3n) is 3.38. The van der Waals surface area contributed by atoms with Crippen molar-refractivity contribution in [1.29, 1.82) is 0 Å². The smallest absolute Gasteiger partial charge is 0.171 e. The van der Waals surface area contributed by atoms with E-state index < -0.39 is 0 Å². The summed E-state index contributed by atoms with van der Waals surface area (Å²) in [6.07, 6.45) is 4.26. The Morgan fingerprint density at radius 2 is 2.30 bits per heavy atom. The molecule has 1 N–H and O–H groups in total. The van der Waals surface area contributed by atoms with Gasteiger partial charge in [0.2, 0.25) is 0 Å². The van der Waals surface area contributed by atoms with Crippen molar-refractivity contribution >= 4 is 5.78 Å². The molecule has 110 valence electrons. The van der Waals surface area contributed by atoms with Crippen LogP contribution in [0.4, 0.5) is 0 Å². The van der Waals surface area contributed by atoms with Crippen molar-refractivity contribution in [1.82, 2.24) is 10.3 Å². The Hall–Kier alpha value is -1.46. The second kappa shape index (κ2) is 7.36. The van der Waals surface area contributed by atoms with Gasteiger partial charge in [0.15, 0.2) is 5.78 Å². The predicted molar refractivity (Wildman–Crippen MR) is 76.1 cm³/mol. The first-order valence-electron chi connectivity index (χ1n) is 7.19. The molecule has 2 rings (SSSR count). The van der Waals surface area contributed by atoms with Gasteiger partial charge in [0.1, 0.15) is 5.75 Å². The van der Waals surface area contributed by atoms with Crippen LogP contribution in [0.3, 0.4) is 0 Å². The molecule has 2 unspecified atom stereocenters. The number of pyridine rings is 1. The minimum atomic E-state index is -0.139. The molecule has 0 spiro atoms. The van der Waals surface area contributed by atoms with Crippen LogP contribution in [0.25, 0.3) is 0 Å². The summed E-state index contributed by atoms with van der Waals surface area (Å²) < 4.78 is 10.8. The summed E-state index contributed by atoms with van der Waals surface area (Å²) in [7, 11) is 0. The number of nitrogens with zero attached hydrogens (tertiary/aromatic N) is 1. The number of hydrogen-bond acceptors (Lipinski definition) is 5. The first-order chi connectivity index (χ1) is 9.76. The molecular weight excluding hydrogens is 256 g/mol. The molecule has 0 bridgehead atoms. The highest BCUT2D eigenvalue weighted by Crippen LogP contribution is 2.21. The van der Waals surface area contributed by atoms with Crippen molar-refractivity contribution in [2.24, 2.45) is 5.92 Å². The molecule has 20 heavy (non-hydrogen) atoms. The highest BCUT2D eigenvalue weighted by molar-refractivity contribution is 5.98. The van der Waals surface area contributed by atoms with E-state index in [2.05, 4.69) is 17.2 Å². The Labute approximate surface area is 119 Å². The van der Waals surface area contributed by atoms with Crippen LogP contribution in [-0.4, -0.2) is 43.2 Å². The summed E-state index contributed by atoms with van der Waals surface area (Å²) in [5, 5.41) is 3.37. The zero-order valence-corrected chi connectivity index (χ0v) is 12.1. The summed E-state index contributed by atoms with van der Waals surface area (Å²) in [4.78, 5) is 16.6. The Morgan fingerprint density at radius 1 is 1.45 bits per heavy atom. The monoisotopic (exact) mass is 278 g/mol. The van der Waals surface area contributed by atoms with E-state index in [1.807, 2.05) is 6.92 Å². The van der Waals surface area contributed by atoms with Crippen LogP contribution >= 0.6 is 0 Å². The fourth-order valence-electron chi connectivity index (χ4n) is 2.36. The Bertz CT molecular complexity index is 450. The first-order valence-corrected chi connectivity index (χ1v) is 7.19. The van der Waals surface area contributed by atoms with Gasteiger partial charge in [0, 0.05) is 17.8 Å². The molecular formula is C15H22N2O3. The molecule has 2 atom stereocenters. The number of ketones is 1. The highest BCUT2D eigenvalue weighted by Gasteiger charge is 2.34. The van der Waals surface area contributed by atoms with Crippen molar-refractivity contribution < 1.29 is 14.3 Å². The topological polar surface area (TPSA) is 60.5 Å². The van der Waals surface area contributed by atoms with E-state index in [0.717, 1.165) is 13.0 Å². The number of ether oxygens (including phenoxy) is 2. The van der Waals surface area contributed by atoms with Gasteiger partial charge in [-0.05, 0) is 26.0 Å². The molecule has 1 fully saturated rings. The number of nitrogens with one attached hydrogen (secondary N) is 1. The number of carbonyl (C=O) groups is 1. The van der Waals surface area contributed by atoms with Crippen LogP contribution in [0.2, 0.25) is 0 Å². The highest BCUT2D eigenvalue weighted by atomic mass is 16.5. The predicted octanol–water partition coefficient (Wildman–Crippen LogP) is 1.68. The molecule has 0 radical (unpaired) electrons. The molecule has 1 aromatic heterocycles. The maximum atomic E-state index is 12.6. The quantitative estimate of drug-likeness (QED) is 0.769. The molecule has 0 aliphatic carbocycles. The summed E-state index contributed by atoms with van der Waals surface area (Å²) >= 11 is 0. The minimum Gasteiger partial charge on any atom is -0.492 e. The van der Waals surface area contributed by atoms with Gasteiger partial charge >= 0.3 is 0 Å². The summed E-state index contributed by atoms with van der Waals surface area (Å²) in [5.74, 6) is 0.570. The zero-order chi connectivity index (χ0) is 14.4. The van der Waals surface area contributed by atoms with Crippen LogP contribution in [0.5, 0.6) is 5.75 Å². The van der Waals surface area contributed by atoms with Crippen LogP contribution in [-0.2, 0) is 4.74 Å². The molecule has 1 aliphatic rings. The summed E-state index contributed by atoms with van der Waals surface area (Å²) in [5.41, 5.74) is 0.592. The average Bonchev–Trinajstić information content (AvgIpc) is 2.93. The third kappa shape index (κ3) is 3.55. The lowest BCUT2D eigenvalue weighted by Gasteiger charge is -2.17. The van der Waals surface area contributed by atoms with E-state index in [4.69, 9.17) is 9.47 Å². The number of Topliss-reactive ketones (excluding diaryl/α,β-unsaturated/α-hetero) is 1. The zero-order valence-electron chi connectivity index (χ0n) is 12.1. The molecule has 0 saturated carbocycles. The second-order valence-electron chi connectivity index (χ2n) is 4.91. The largest absolute Gasteiger partial charge is 0.492 e. The number of aromatic nitrogens is 1. The van der Waals surface area contributed by atoms with E-state index >= 15 is 0 Å². The van der Waals surface area contributed by atoms with Crippen molar-refractivity contribution in [2.75, 3.05) is 26.4 Å². The lowest BCUT2D eigenvalue weighted by molar-refractivity contribution is 0.0890. The molecule has 1 aliphatic heterocycles. The maximum absolute atomic E-state index is 12.6. The molecule has 2 heterocycles. The molecule has 5 heteroatoms. The number of rotatable bonds is 7. The van der Waals surface area contributed by atoms with Gasteiger partial charge in [0.25, 0.3) is 0 Å². The van der Waals surface area contributed by atoms with Gasteiger partial charge in [-0.2, -0.15) is 0 Å². The van der Waals surface area contributed by atoms with Gasteiger partial charge in [-0.1, -0.05) is 6.92 Å². The standard InChI is InChI=1S/C15H22N2O3/c1-3-5-17-14-10-19-9-13(14)15(18)11-6-12(20-4-2)8-16-7-11/h6-8,13-14,17H,3-5,9-10H2,1-2H3. The van der Waals surface area contributed by atoms with Crippen LogP contribution in [0.1, 0.15) is 30.6 Å². The van der Waals surface area contributed by atoms with Crippen molar-refractivity contribution in [3.8, 4) is 5.75 Å². The van der Waals surface area contributed by atoms with Crippen molar-refractivity contribution in [3.05, 3.63) is 24.0 Å². The van der Waals surface area contributed by atoms with E-state index in [0.29, 0.717) is 31.1 Å². The SMILES string of the molecule is CCCNC1COCC1C(=O)c1cncc(OCC)c1. The van der Waals surface area contributed by atoms with Gasteiger partial charge in [-0.3, -0.25) is 9.78 Å². The van der Waals surface area contributed by atoms with Gasteiger partial charge in [-0.25, -0.2) is 0 Å². The Morgan fingerprint density at radius 3 is 3.05 bits per heavy atom. The molecule has 1 saturated heterocycles. The Balaban J connectivity index is 2.07. The van der Waals surface area contributed by atoms with Gasteiger partial charge in [0.05, 0.1) is 31.9 Å². The Kier molecular flexibility index (Phi) is 5.49. The van der Waals surface area contributed by atoms with Crippen LogP contribution in [0, 0.1) is 5.92 Å². The lowest BCUT2D eigenvalue weighted by atomic mass is 9.94. The third-order valence-corrected chi connectivity index (χ3v) is 3.38. The van der Waals surface area contributed by atoms with E-state index in [9.17, 15) is 4.79 Å². The van der Waals surface area contributed by atoms with Crippen molar-refractivity contribution in [3.63, 3.8) is 0 Å². The molecule has 0 aromatic carbocycles. The fourth-order valence-corrected chi connectivity index (χ4v) is 2.36. The normalized spacial score (nSPS) is 21.9. The maximum Gasteiger partial charge on any atom is 0.171 e. The van der Waals surface area contributed by atoms with Gasteiger partial charge < -0.3 is 14.8 Å².